The number of hydrogen-bond donors (Lipinski definition) is 1. The SMILES string of the molecule is CCCNC1CCCCCC1N1CCC(C)(C)CC1. The second kappa shape index (κ2) is 7.08. The smallest absolute Gasteiger partial charge is 0.0249 e. The maximum Gasteiger partial charge on any atom is 0.0249 e. The van der Waals surface area contributed by atoms with Crippen molar-refractivity contribution in [1.82, 2.24) is 10.2 Å². The lowest BCUT2D eigenvalue weighted by atomic mass is 9.81. The highest BCUT2D eigenvalue weighted by Crippen LogP contribution is 2.33. The fourth-order valence-corrected chi connectivity index (χ4v) is 3.75. The van der Waals surface area contributed by atoms with Gasteiger partial charge in [0.1, 0.15) is 0 Å². The zero-order chi connectivity index (χ0) is 13.7. The first-order chi connectivity index (χ1) is 9.12. The van der Waals surface area contributed by atoms with Crippen LogP contribution in [0.1, 0.15) is 72.1 Å². The summed E-state index contributed by atoms with van der Waals surface area (Å²) in [5.74, 6) is 0. The van der Waals surface area contributed by atoms with Crippen molar-refractivity contribution in [2.75, 3.05) is 19.6 Å². The molecule has 2 nitrogen and oxygen atoms in total. The quantitative estimate of drug-likeness (QED) is 0.778. The summed E-state index contributed by atoms with van der Waals surface area (Å²) in [6, 6.07) is 1.56. The van der Waals surface area contributed by atoms with Crippen molar-refractivity contribution in [2.45, 2.75) is 84.2 Å². The molecule has 2 heteroatoms. The van der Waals surface area contributed by atoms with Gasteiger partial charge in [0.2, 0.25) is 0 Å². The molecule has 2 aliphatic rings. The van der Waals surface area contributed by atoms with E-state index in [9.17, 15) is 0 Å². The van der Waals surface area contributed by atoms with Crippen LogP contribution in [0, 0.1) is 5.41 Å². The molecule has 1 saturated carbocycles. The summed E-state index contributed by atoms with van der Waals surface area (Å²) >= 11 is 0. The molecule has 0 spiro atoms. The highest BCUT2D eigenvalue weighted by Gasteiger charge is 2.33. The molecule has 0 aromatic carbocycles. The average molecular weight is 266 g/mol. The molecular formula is C17H34N2. The van der Waals surface area contributed by atoms with Crippen molar-refractivity contribution >= 4 is 0 Å². The molecular weight excluding hydrogens is 232 g/mol. The van der Waals surface area contributed by atoms with Crippen molar-refractivity contribution in [3.8, 4) is 0 Å². The second-order valence-corrected chi connectivity index (χ2v) is 7.47. The minimum atomic E-state index is 0.577. The summed E-state index contributed by atoms with van der Waals surface area (Å²) in [4.78, 5) is 2.81. The highest BCUT2D eigenvalue weighted by molar-refractivity contribution is 4.90. The molecule has 2 rings (SSSR count). The van der Waals surface area contributed by atoms with Gasteiger partial charge in [-0.05, 0) is 57.2 Å². The topological polar surface area (TPSA) is 15.3 Å². The Labute approximate surface area is 120 Å². The lowest BCUT2D eigenvalue weighted by molar-refractivity contribution is 0.0719. The summed E-state index contributed by atoms with van der Waals surface area (Å²) in [7, 11) is 0. The van der Waals surface area contributed by atoms with Gasteiger partial charge in [0.15, 0.2) is 0 Å². The second-order valence-electron chi connectivity index (χ2n) is 7.47. The van der Waals surface area contributed by atoms with Crippen LogP contribution in [0.25, 0.3) is 0 Å². The van der Waals surface area contributed by atoms with E-state index in [4.69, 9.17) is 0 Å². The third-order valence-corrected chi connectivity index (χ3v) is 5.26. The predicted molar refractivity (Wildman–Crippen MR) is 83.5 cm³/mol. The molecule has 1 aliphatic carbocycles. The first-order valence-corrected chi connectivity index (χ1v) is 8.60. The molecule has 0 aromatic rings. The minimum Gasteiger partial charge on any atom is -0.312 e. The van der Waals surface area contributed by atoms with Crippen molar-refractivity contribution in [3.05, 3.63) is 0 Å². The van der Waals surface area contributed by atoms with Gasteiger partial charge >= 0.3 is 0 Å². The van der Waals surface area contributed by atoms with Crippen LogP contribution < -0.4 is 5.32 Å². The van der Waals surface area contributed by atoms with Crippen molar-refractivity contribution in [3.63, 3.8) is 0 Å². The molecule has 0 aromatic heterocycles. The largest absolute Gasteiger partial charge is 0.312 e. The predicted octanol–water partition coefficient (Wildman–Crippen LogP) is 3.81. The number of rotatable bonds is 4. The van der Waals surface area contributed by atoms with E-state index in [0.29, 0.717) is 5.41 Å². The van der Waals surface area contributed by atoms with Crippen LogP contribution in [0.4, 0.5) is 0 Å². The summed E-state index contributed by atoms with van der Waals surface area (Å²) in [6.45, 7) is 11.0. The first kappa shape index (κ1) is 15.3. The Kier molecular flexibility index (Phi) is 5.70. The lowest BCUT2D eigenvalue weighted by Gasteiger charge is -2.43. The average Bonchev–Trinajstić information content (AvgIpc) is 2.62. The maximum absolute atomic E-state index is 3.84. The molecule has 0 amide bonds. The summed E-state index contributed by atoms with van der Waals surface area (Å²) < 4.78 is 0. The minimum absolute atomic E-state index is 0.577. The van der Waals surface area contributed by atoms with Gasteiger partial charge in [-0.2, -0.15) is 0 Å². The fourth-order valence-electron chi connectivity index (χ4n) is 3.75. The van der Waals surface area contributed by atoms with Crippen molar-refractivity contribution < 1.29 is 0 Å². The zero-order valence-corrected chi connectivity index (χ0v) is 13.4. The van der Waals surface area contributed by atoms with E-state index >= 15 is 0 Å². The molecule has 0 bridgehead atoms. The van der Waals surface area contributed by atoms with Crippen LogP contribution in [0.15, 0.2) is 0 Å². The first-order valence-electron chi connectivity index (χ1n) is 8.60. The van der Waals surface area contributed by atoms with Gasteiger partial charge in [-0.1, -0.05) is 40.0 Å². The Hall–Kier alpha value is -0.0800. The summed E-state index contributed by atoms with van der Waals surface area (Å²) in [5, 5.41) is 3.84. The van der Waals surface area contributed by atoms with E-state index < -0.39 is 0 Å². The van der Waals surface area contributed by atoms with Crippen molar-refractivity contribution in [1.29, 1.82) is 0 Å². The third kappa shape index (κ3) is 4.46. The van der Waals surface area contributed by atoms with E-state index in [0.717, 1.165) is 12.1 Å². The zero-order valence-electron chi connectivity index (χ0n) is 13.4. The molecule has 112 valence electrons. The maximum atomic E-state index is 3.84. The molecule has 1 N–H and O–H groups in total. The van der Waals surface area contributed by atoms with E-state index in [2.05, 4.69) is 31.0 Å². The Morgan fingerprint density at radius 3 is 2.42 bits per heavy atom. The number of nitrogens with zero attached hydrogens (tertiary/aromatic N) is 1. The molecule has 2 fully saturated rings. The van der Waals surface area contributed by atoms with Gasteiger partial charge in [0.25, 0.3) is 0 Å². The Morgan fingerprint density at radius 2 is 1.74 bits per heavy atom. The fraction of sp³-hybridized carbons (Fsp3) is 1.00. The van der Waals surface area contributed by atoms with Crippen LogP contribution in [0.3, 0.4) is 0 Å². The van der Waals surface area contributed by atoms with Crippen LogP contribution in [0.5, 0.6) is 0 Å². The monoisotopic (exact) mass is 266 g/mol. The molecule has 19 heavy (non-hydrogen) atoms. The molecule has 0 radical (unpaired) electrons. The van der Waals surface area contributed by atoms with Gasteiger partial charge in [0.05, 0.1) is 0 Å². The Bertz CT molecular complexity index is 252. The molecule has 1 aliphatic heterocycles. The lowest BCUT2D eigenvalue weighted by Crippen LogP contribution is -2.53. The van der Waals surface area contributed by atoms with Crippen LogP contribution >= 0.6 is 0 Å². The van der Waals surface area contributed by atoms with E-state index in [1.165, 1.54) is 71.0 Å². The van der Waals surface area contributed by atoms with Gasteiger partial charge in [-0.3, -0.25) is 4.90 Å². The molecule has 1 heterocycles. The number of nitrogens with one attached hydrogen (secondary N) is 1. The van der Waals surface area contributed by atoms with E-state index in [1.54, 1.807) is 0 Å². The number of likely N-dealkylation sites (tertiary alicyclic amines) is 1. The number of hydrogen-bond acceptors (Lipinski definition) is 2. The van der Waals surface area contributed by atoms with Gasteiger partial charge < -0.3 is 5.32 Å². The summed E-state index contributed by atoms with van der Waals surface area (Å²) in [6.07, 6.45) is 11.1. The normalized spacial score (nSPS) is 33.0. The highest BCUT2D eigenvalue weighted by atomic mass is 15.2. The van der Waals surface area contributed by atoms with Crippen LogP contribution in [0.2, 0.25) is 0 Å². The summed E-state index contributed by atoms with van der Waals surface area (Å²) in [5.41, 5.74) is 0.577. The van der Waals surface area contributed by atoms with E-state index in [-0.39, 0.29) is 0 Å². The molecule has 2 atom stereocenters. The molecule has 1 saturated heterocycles. The van der Waals surface area contributed by atoms with Gasteiger partial charge in [-0.25, -0.2) is 0 Å². The Balaban J connectivity index is 1.93. The van der Waals surface area contributed by atoms with Crippen LogP contribution in [-0.2, 0) is 0 Å². The standard InChI is InChI=1S/C17H34N2/c1-4-12-18-15-8-6-5-7-9-16(15)19-13-10-17(2,3)11-14-19/h15-16,18H,4-14H2,1-3H3. The van der Waals surface area contributed by atoms with Crippen LogP contribution in [-0.4, -0.2) is 36.6 Å². The third-order valence-electron chi connectivity index (χ3n) is 5.26. The van der Waals surface area contributed by atoms with E-state index in [1.807, 2.05) is 0 Å². The van der Waals surface area contributed by atoms with Crippen molar-refractivity contribution in [2.24, 2.45) is 5.41 Å². The van der Waals surface area contributed by atoms with Gasteiger partial charge in [-0.15, -0.1) is 0 Å². The molecule has 2 unspecified atom stereocenters. The number of piperidine rings is 1. The Morgan fingerprint density at radius 1 is 1.05 bits per heavy atom. The van der Waals surface area contributed by atoms with Gasteiger partial charge in [0, 0.05) is 12.1 Å².